The van der Waals surface area contributed by atoms with Crippen LogP contribution in [0.3, 0.4) is 0 Å². The highest BCUT2D eigenvalue weighted by molar-refractivity contribution is 5.77. The molecule has 0 saturated heterocycles. The van der Waals surface area contributed by atoms with Crippen molar-refractivity contribution in [1.82, 2.24) is 14.1 Å². The van der Waals surface area contributed by atoms with Gasteiger partial charge in [-0.2, -0.15) is 0 Å². The van der Waals surface area contributed by atoms with Crippen molar-refractivity contribution in [3.8, 4) is 0 Å². The van der Waals surface area contributed by atoms with E-state index in [1.54, 1.807) is 17.7 Å². The molecule has 2 heterocycles. The zero-order valence-corrected chi connectivity index (χ0v) is 11.4. The average Bonchev–Trinajstić information content (AvgIpc) is 2.59. The maximum Gasteiger partial charge on any atom is 0.328 e. The van der Waals surface area contributed by atoms with Crippen LogP contribution in [0.5, 0.6) is 0 Å². The fourth-order valence-corrected chi connectivity index (χ4v) is 2.38. The van der Waals surface area contributed by atoms with Crippen LogP contribution in [-0.4, -0.2) is 14.1 Å². The van der Waals surface area contributed by atoms with E-state index in [1.807, 2.05) is 0 Å². The Hall–Kier alpha value is -1.98. The molecule has 0 atom stereocenters. The molecule has 2 aromatic heterocycles. The van der Waals surface area contributed by atoms with Gasteiger partial charge in [0.05, 0.1) is 5.52 Å². The van der Waals surface area contributed by atoms with Crippen molar-refractivity contribution in [2.45, 2.75) is 39.2 Å². The molecule has 0 aromatic carbocycles. The third kappa shape index (κ3) is 2.43. The van der Waals surface area contributed by atoms with Gasteiger partial charge in [-0.25, -0.2) is 4.79 Å². The maximum absolute atomic E-state index is 12.1. The molecule has 0 amide bonds. The van der Waals surface area contributed by atoms with Crippen molar-refractivity contribution < 1.29 is 0 Å². The lowest BCUT2D eigenvalue weighted by Crippen LogP contribution is -2.23. The van der Waals surface area contributed by atoms with Crippen molar-refractivity contribution in [1.29, 1.82) is 0 Å². The van der Waals surface area contributed by atoms with Crippen LogP contribution in [0.25, 0.3) is 11.0 Å². The van der Waals surface area contributed by atoms with Crippen molar-refractivity contribution in [2.24, 2.45) is 7.05 Å². The highest BCUT2D eigenvalue weighted by atomic mass is 16.2. The van der Waals surface area contributed by atoms with E-state index < -0.39 is 0 Å². The maximum atomic E-state index is 12.1. The van der Waals surface area contributed by atoms with Crippen LogP contribution in [0, 0.1) is 0 Å². The summed E-state index contributed by atoms with van der Waals surface area (Å²) in [6, 6.07) is 1.65. The normalized spacial score (nSPS) is 11.3. The van der Waals surface area contributed by atoms with E-state index in [4.69, 9.17) is 5.73 Å². The fraction of sp³-hybridized carbons (Fsp3) is 0.538. The Labute approximate surface area is 110 Å². The van der Waals surface area contributed by atoms with Crippen molar-refractivity contribution in [3.05, 3.63) is 26.9 Å². The zero-order valence-electron chi connectivity index (χ0n) is 11.4. The van der Waals surface area contributed by atoms with Gasteiger partial charge in [-0.05, 0) is 6.42 Å². The predicted octanol–water partition coefficient (Wildman–Crippen LogP) is 1.19. The summed E-state index contributed by atoms with van der Waals surface area (Å²) in [4.78, 5) is 26.5. The summed E-state index contributed by atoms with van der Waals surface area (Å²) in [5.41, 5.74) is 6.17. The van der Waals surface area contributed by atoms with Gasteiger partial charge in [0.15, 0.2) is 0 Å². The molecule has 6 nitrogen and oxygen atoms in total. The number of hydrogen-bond acceptors (Lipinski definition) is 3. The van der Waals surface area contributed by atoms with Gasteiger partial charge in [0.25, 0.3) is 5.56 Å². The van der Waals surface area contributed by atoms with Gasteiger partial charge in [-0.1, -0.05) is 26.2 Å². The third-order valence-corrected chi connectivity index (χ3v) is 3.39. The Balaban J connectivity index is 2.46. The fourth-order valence-electron chi connectivity index (χ4n) is 2.38. The van der Waals surface area contributed by atoms with Gasteiger partial charge in [0.2, 0.25) is 0 Å². The number of nitrogens with zero attached hydrogens (tertiary/aromatic N) is 2. The van der Waals surface area contributed by atoms with Gasteiger partial charge < -0.3 is 10.7 Å². The summed E-state index contributed by atoms with van der Waals surface area (Å²) in [7, 11) is 1.61. The van der Waals surface area contributed by atoms with Gasteiger partial charge >= 0.3 is 5.69 Å². The summed E-state index contributed by atoms with van der Waals surface area (Å²) < 4.78 is 3.02. The first-order valence-corrected chi connectivity index (χ1v) is 6.64. The number of anilines is 1. The monoisotopic (exact) mass is 264 g/mol. The van der Waals surface area contributed by atoms with Crippen LogP contribution >= 0.6 is 0 Å². The zero-order chi connectivity index (χ0) is 14.0. The third-order valence-electron chi connectivity index (χ3n) is 3.39. The van der Waals surface area contributed by atoms with Gasteiger partial charge in [0, 0.05) is 19.7 Å². The molecule has 2 rings (SSSR count). The molecule has 0 spiro atoms. The Morgan fingerprint density at radius 1 is 1.26 bits per heavy atom. The molecule has 3 N–H and O–H groups in total. The predicted molar refractivity (Wildman–Crippen MR) is 76.4 cm³/mol. The topological polar surface area (TPSA) is 85.8 Å². The molecular formula is C13H20N4O2. The van der Waals surface area contributed by atoms with Crippen LogP contribution in [0.4, 0.5) is 5.82 Å². The Kier molecular flexibility index (Phi) is 3.78. The molecule has 104 valence electrons. The number of pyridine rings is 1. The first-order chi connectivity index (χ1) is 9.06. The lowest BCUT2D eigenvalue weighted by Gasteiger charge is -2.03. The molecule has 0 aliphatic heterocycles. The summed E-state index contributed by atoms with van der Waals surface area (Å²) in [6.07, 6.45) is 4.32. The van der Waals surface area contributed by atoms with E-state index in [9.17, 15) is 9.59 Å². The molecule has 0 bridgehead atoms. The Morgan fingerprint density at radius 2 is 2.00 bits per heavy atom. The van der Waals surface area contributed by atoms with Gasteiger partial charge in [0.1, 0.15) is 11.3 Å². The number of hydrogen-bond donors (Lipinski definition) is 2. The molecule has 0 saturated carbocycles. The van der Waals surface area contributed by atoms with Crippen LogP contribution in [-0.2, 0) is 13.6 Å². The molecule has 0 aliphatic carbocycles. The number of nitrogens with two attached hydrogens (primary N) is 1. The van der Waals surface area contributed by atoms with Crippen LogP contribution in [0.15, 0.2) is 15.7 Å². The van der Waals surface area contributed by atoms with Crippen LogP contribution in [0.2, 0.25) is 0 Å². The second kappa shape index (κ2) is 5.34. The average molecular weight is 264 g/mol. The summed E-state index contributed by atoms with van der Waals surface area (Å²) >= 11 is 0. The molecule has 19 heavy (non-hydrogen) atoms. The number of H-pyrrole nitrogens is 1. The second-order valence-corrected chi connectivity index (χ2v) is 4.84. The van der Waals surface area contributed by atoms with E-state index in [2.05, 4.69) is 11.9 Å². The first-order valence-electron chi connectivity index (χ1n) is 6.64. The Morgan fingerprint density at radius 3 is 2.68 bits per heavy atom. The number of nitrogen functional groups attached to an aromatic ring is 1. The lowest BCUT2D eigenvalue weighted by atomic mass is 10.2. The molecule has 0 aliphatic rings. The molecule has 0 fully saturated rings. The van der Waals surface area contributed by atoms with Gasteiger partial charge in [-0.3, -0.25) is 13.9 Å². The van der Waals surface area contributed by atoms with E-state index in [1.165, 1.54) is 4.57 Å². The number of unbranched alkanes of at least 4 members (excludes halogenated alkanes) is 3. The molecule has 0 radical (unpaired) electrons. The van der Waals surface area contributed by atoms with E-state index in [0.717, 1.165) is 25.7 Å². The SMILES string of the molecule is CCCCCCn1c(=O)n(C)c2c(=O)[nH]c(N)cc21. The second-order valence-electron chi connectivity index (χ2n) is 4.84. The number of aromatic amines is 1. The minimum Gasteiger partial charge on any atom is -0.385 e. The largest absolute Gasteiger partial charge is 0.385 e. The van der Waals surface area contributed by atoms with E-state index in [0.29, 0.717) is 17.6 Å². The lowest BCUT2D eigenvalue weighted by molar-refractivity contribution is 0.573. The number of fused-ring (bicyclic) bond motifs is 1. The quantitative estimate of drug-likeness (QED) is 0.795. The highest BCUT2D eigenvalue weighted by Gasteiger charge is 2.13. The van der Waals surface area contributed by atoms with Gasteiger partial charge in [-0.15, -0.1) is 0 Å². The molecular weight excluding hydrogens is 244 g/mol. The number of rotatable bonds is 5. The van der Waals surface area contributed by atoms with Crippen LogP contribution in [0.1, 0.15) is 32.6 Å². The first kappa shape index (κ1) is 13.5. The molecule has 6 heteroatoms. The van der Waals surface area contributed by atoms with Crippen molar-refractivity contribution in [2.75, 3.05) is 5.73 Å². The smallest absolute Gasteiger partial charge is 0.328 e. The summed E-state index contributed by atoms with van der Waals surface area (Å²) in [5, 5.41) is 0. The summed E-state index contributed by atoms with van der Waals surface area (Å²) in [6.45, 7) is 2.77. The Bertz CT molecular complexity index is 693. The standard InChI is InChI=1S/C13H20N4O2/c1-3-4-5-6-7-17-9-8-10(14)15-12(18)11(9)16(2)13(17)19/h8H,3-7H2,1-2H3,(H3,14,15,18). The van der Waals surface area contributed by atoms with E-state index in [-0.39, 0.29) is 17.1 Å². The number of aromatic nitrogens is 3. The molecule has 0 unspecified atom stereocenters. The van der Waals surface area contributed by atoms with E-state index >= 15 is 0 Å². The minimum absolute atomic E-state index is 0.164. The molecule has 2 aromatic rings. The van der Waals surface area contributed by atoms with Crippen LogP contribution < -0.4 is 17.0 Å². The minimum atomic E-state index is -0.318. The summed E-state index contributed by atoms with van der Waals surface area (Å²) in [5.74, 6) is 0.283. The highest BCUT2D eigenvalue weighted by Crippen LogP contribution is 2.11. The van der Waals surface area contributed by atoms with Crippen molar-refractivity contribution >= 4 is 16.9 Å². The number of aryl methyl sites for hydroxylation is 2. The van der Waals surface area contributed by atoms with Crippen molar-refractivity contribution in [3.63, 3.8) is 0 Å². The number of imidazole rings is 1. The number of nitrogens with one attached hydrogen (secondary N) is 1.